The second-order valence-corrected chi connectivity index (χ2v) is 3.81. The van der Waals surface area contributed by atoms with Gasteiger partial charge in [0.2, 0.25) is 0 Å². The van der Waals surface area contributed by atoms with Gasteiger partial charge in [-0.3, -0.25) is 9.79 Å². The molecule has 5 nitrogen and oxygen atoms in total. The summed E-state index contributed by atoms with van der Waals surface area (Å²) in [5, 5.41) is 8.92. The lowest BCUT2D eigenvalue weighted by Gasteiger charge is -2.21. The second-order valence-electron chi connectivity index (χ2n) is 3.81. The van der Waals surface area contributed by atoms with Crippen molar-refractivity contribution in [2.45, 2.75) is 38.6 Å². The Bertz CT molecular complexity index is 283. The zero-order chi connectivity index (χ0) is 12.6. The van der Waals surface area contributed by atoms with E-state index in [-0.39, 0.29) is 0 Å². The van der Waals surface area contributed by atoms with Crippen LogP contribution in [0.5, 0.6) is 0 Å². The van der Waals surface area contributed by atoms with Crippen molar-refractivity contribution in [1.82, 2.24) is 0 Å². The lowest BCUT2D eigenvalue weighted by atomic mass is 9.92. The first kappa shape index (κ1) is 14.6. The van der Waals surface area contributed by atoms with Gasteiger partial charge in [-0.2, -0.15) is 0 Å². The van der Waals surface area contributed by atoms with Gasteiger partial charge in [0.25, 0.3) is 0 Å². The van der Waals surface area contributed by atoms with Gasteiger partial charge >= 0.3 is 5.97 Å². The molecule has 0 aliphatic carbocycles. The largest absolute Gasteiger partial charge is 0.480 e. The van der Waals surface area contributed by atoms with E-state index in [1.807, 2.05) is 12.2 Å². The average molecular weight is 227 g/mol. The van der Waals surface area contributed by atoms with Crippen molar-refractivity contribution in [3.05, 3.63) is 12.2 Å². The molecule has 0 fully saturated rings. The Morgan fingerprint density at radius 1 is 1.50 bits per heavy atom. The Balaban J connectivity index is 3.97. The molecule has 92 valence electrons. The van der Waals surface area contributed by atoms with Gasteiger partial charge in [-0.15, -0.1) is 0 Å². The Morgan fingerprint density at radius 3 is 2.56 bits per heavy atom. The topological polar surface area (TPSA) is 102 Å². The van der Waals surface area contributed by atoms with Gasteiger partial charge in [0.1, 0.15) is 5.54 Å². The number of nitrogens with two attached hydrogens (primary N) is 2. The molecule has 1 unspecified atom stereocenters. The molecule has 0 heterocycles. The smallest absolute Gasteiger partial charge is 0.323 e. The highest BCUT2D eigenvalue weighted by Gasteiger charge is 2.30. The number of aliphatic carboxylic acids is 1. The van der Waals surface area contributed by atoms with Crippen LogP contribution in [0.3, 0.4) is 0 Å². The predicted octanol–water partition coefficient (Wildman–Crippen LogP) is 0.892. The maximum Gasteiger partial charge on any atom is 0.323 e. The lowest BCUT2D eigenvalue weighted by molar-refractivity contribution is -0.143. The Hall–Kier alpha value is -1.36. The molecule has 5 N–H and O–H groups in total. The van der Waals surface area contributed by atoms with Gasteiger partial charge in [0.05, 0.1) is 12.4 Å². The number of hydrogen-bond acceptors (Lipinski definition) is 3. The minimum atomic E-state index is -1.11. The third-order valence-corrected chi connectivity index (χ3v) is 2.43. The van der Waals surface area contributed by atoms with E-state index in [9.17, 15) is 4.79 Å². The van der Waals surface area contributed by atoms with Crippen molar-refractivity contribution in [2.24, 2.45) is 16.5 Å². The zero-order valence-electron chi connectivity index (χ0n) is 9.94. The van der Waals surface area contributed by atoms with E-state index in [2.05, 4.69) is 4.99 Å². The fourth-order valence-electron chi connectivity index (χ4n) is 1.16. The molecule has 0 aliphatic heterocycles. The lowest BCUT2D eigenvalue weighted by Crippen LogP contribution is -2.47. The summed E-state index contributed by atoms with van der Waals surface area (Å²) in [5.41, 5.74) is 9.96. The Labute approximate surface area is 96.2 Å². The second kappa shape index (κ2) is 7.00. The van der Waals surface area contributed by atoms with Crippen LogP contribution < -0.4 is 11.5 Å². The van der Waals surface area contributed by atoms with Crippen LogP contribution in [0.25, 0.3) is 0 Å². The number of rotatable bonds is 7. The molecule has 1 atom stereocenters. The van der Waals surface area contributed by atoms with E-state index in [1.54, 1.807) is 13.8 Å². The molecule has 0 rings (SSSR count). The average Bonchev–Trinajstić information content (AvgIpc) is 2.22. The van der Waals surface area contributed by atoms with E-state index in [4.69, 9.17) is 16.6 Å². The summed E-state index contributed by atoms with van der Waals surface area (Å²) in [7, 11) is 0. The molecular formula is C11H21N3O2. The van der Waals surface area contributed by atoms with Gasteiger partial charge < -0.3 is 16.6 Å². The van der Waals surface area contributed by atoms with Crippen molar-refractivity contribution in [2.75, 3.05) is 6.54 Å². The molecule has 0 bridgehead atoms. The van der Waals surface area contributed by atoms with Crippen LogP contribution in [-0.4, -0.2) is 29.0 Å². The first-order chi connectivity index (χ1) is 7.42. The number of hydrogen-bond donors (Lipinski definition) is 3. The molecule has 0 spiro atoms. The highest BCUT2D eigenvalue weighted by atomic mass is 16.4. The summed E-state index contributed by atoms with van der Waals surface area (Å²) in [6.07, 6.45) is 5.23. The van der Waals surface area contributed by atoms with Gasteiger partial charge in [0.15, 0.2) is 0 Å². The molecule has 0 saturated heterocycles. The molecule has 0 radical (unpaired) electrons. The van der Waals surface area contributed by atoms with E-state index in [1.165, 1.54) is 0 Å². The van der Waals surface area contributed by atoms with Gasteiger partial charge in [-0.05, 0) is 26.2 Å². The Morgan fingerprint density at radius 2 is 2.12 bits per heavy atom. The molecule has 0 aromatic rings. The molecule has 5 heteroatoms. The minimum absolute atomic E-state index is 0.427. The number of aliphatic imine (C=N–C) groups is 1. The van der Waals surface area contributed by atoms with Crippen molar-refractivity contribution < 1.29 is 9.90 Å². The summed E-state index contributed by atoms with van der Waals surface area (Å²) in [4.78, 5) is 14.8. The standard InChI is InChI=1S/C11H21N3O2/c1-3-11(13,10(15)16)7-5-4-6-8-14-9(2)12/h4,6H,3,5,7-8,13H2,1-2H3,(H2,12,14)(H,15,16)/b6-4+. The zero-order valence-corrected chi connectivity index (χ0v) is 9.94. The fraction of sp³-hybridized carbons (Fsp3) is 0.636. The number of carbonyl (C=O) groups is 1. The first-order valence-corrected chi connectivity index (χ1v) is 5.36. The third-order valence-electron chi connectivity index (χ3n) is 2.43. The van der Waals surface area contributed by atoms with E-state index < -0.39 is 11.5 Å². The summed E-state index contributed by atoms with van der Waals surface area (Å²) >= 11 is 0. The normalized spacial score (nSPS) is 16.3. The van der Waals surface area contributed by atoms with Crippen LogP contribution in [0, 0.1) is 0 Å². The summed E-state index contributed by atoms with van der Waals surface area (Å²) in [6.45, 7) is 4.03. The molecule has 0 aromatic heterocycles. The molecule has 16 heavy (non-hydrogen) atoms. The molecule has 0 aliphatic rings. The van der Waals surface area contributed by atoms with Crippen LogP contribution in [0.15, 0.2) is 17.1 Å². The maximum absolute atomic E-state index is 10.9. The number of amidine groups is 1. The quantitative estimate of drug-likeness (QED) is 0.341. The van der Waals surface area contributed by atoms with Crippen molar-refractivity contribution in [1.29, 1.82) is 0 Å². The van der Waals surface area contributed by atoms with Gasteiger partial charge in [-0.25, -0.2) is 0 Å². The summed E-state index contributed by atoms with van der Waals surface area (Å²) in [6, 6.07) is 0. The van der Waals surface area contributed by atoms with E-state index in [0.717, 1.165) is 0 Å². The summed E-state index contributed by atoms with van der Waals surface area (Å²) in [5.74, 6) is -0.406. The van der Waals surface area contributed by atoms with E-state index >= 15 is 0 Å². The maximum atomic E-state index is 10.9. The van der Waals surface area contributed by atoms with Crippen molar-refractivity contribution in [3.63, 3.8) is 0 Å². The van der Waals surface area contributed by atoms with Crippen LogP contribution in [-0.2, 0) is 4.79 Å². The molecule has 0 amide bonds. The van der Waals surface area contributed by atoms with Gasteiger partial charge in [0, 0.05) is 0 Å². The molecular weight excluding hydrogens is 206 g/mol. The van der Waals surface area contributed by atoms with Gasteiger partial charge in [-0.1, -0.05) is 19.1 Å². The highest BCUT2D eigenvalue weighted by Crippen LogP contribution is 2.14. The number of carboxylic acid groups (broad SMARTS) is 1. The first-order valence-electron chi connectivity index (χ1n) is 5.36. The van der Waals surface area contributed by atoms with E-state index in [0.29, 0.717) is 31.6 Å². The summed E-state index contributed by atoms with van der Waals surface area (Å²) < 4.78 is 0. The number of allylic oxidation sites excluding steroid dienone is 1. The highest BCUT2D eigenvalue weighted by molar-refractivity contribution is 5.78. The van der Waals surface area contributed by atoms with Crippen LogP contribution >= 0.6 is 0 Å². The molecule has 0 aromatic carbocycles. The Kier molecular flexibility index (Phi) is 6.41. The minimum Gasteiger partial charge on any atom is -0.480 e. The van der Waals surface area contributed by atoms with Crippen LogP contribution in [0.2, 0.25) is 0 Å². The predicted molar refractivity (Wildman–Crippen MR) is 65.4 cm³/mol. The monoisotopic (exact) mass is 227 g/mol. The fourth-order valence-corrected chi connectivity index (χ4v) is 1.16. The number of carboxylic acids is 1. The van der Waals surface area contributed by atoms with Crippen LogP contribution in [0.1, 0.15) is 33.1 Å². The molecule has 0 saturated carbocycles. The third kappa shape index (κ3) is 5.50. The van der Waals surface area contributed by atoms with Crippen molar-refractivity contribution in [3.8, 4) is 0 Å². The van der Waals surface area contributed by atoms with Crippen LogP contribution in [0.4, 0.5) is 0 Å². The SMILES string of the molecule is CCC(N)(CC/C=C/CN=C(C)N)C(=O)O. The van der Waals surface area contributed by atoms with Crippen molar-refractivity contribution >= 4 is 11.8 Å². The number of nitrogens with zero attached hydrogens (tertiary/aromatic N) is 1.